The van der Waals surface area contributed by atoms with Gasteiger partial charge in [0.2, 0.25) is 5.91 Å². The summed E-state index contributed by atoms with van der Waals surface area (Å²) in [5.74, 6) is -3.55. The fourth-order valence-electron chi connectivity index (χ4n) is 3.71. The van der Waals surface area contributed by atoms with Crippen LogP contribution in [0.15, 0.2) is 29.3 Å². The van der Waals surface area contributed by atoms with Gasteiger partial charge in [0.25, 0.3) is 5.91 Å². The van der Waals surface area contributed by atoms with Crippen molar-refractivity contribution in [2.75, 3.05) is 33.4 Å². The predicted octanol–water partition coefficient (Wildman–Crippen LogP) is -1.20. The third-order valence-corrected chi connectivity index (χ3v) is 5.59. The van der Waals surface area contributed by atoms with Crippen LogP contribution in [0.25, 0.3) is 0 Å². The van der Waals surface area contributed by atoms with E-state index in [9.17, 15) is 28.7 Å². The molecular formula is C22H28FN5O6. The molecule has 2 aliphatic rings. The number of carbonyl (C=O) groups excluding carboxylic acids is 4. The fraction of sp³-hybridized carbons (Fsp3) is 0.500. The SMILES string of the molecule is CN1C(=O)C(O)C(C(=O)NCc2ccc(F)cc2)N=C1C(C)(C)NC(=O)C(=O)N1CCOCC1. The molecule has 3 N–H and O–H groups in total. The topological polar surface area (TPSA) is 141 Å². The maximum absolute atomic E-state index is 13.1. The Morgan fingerprint density at radius 3 is 2.44 bits per heavy atom. The number of morpholine rings is 1. The molecule has 2 heterocycles. The van der Waals surface area contributed by atoms with E-state index in [4.69, 9.17) is 4.74 Å². The number of aliphatic hydroxyl groups excluding tert-OH is 1. The van der Waals surface area contributed by atoms with Crippen molar-refractivity contribution < 1.29 is 33.4 Å². The first-order valence-electron chi connectivity index (χ1n) is 10.8. The molecule has 1 fully saturated rings. The van der Waals surface area contributed by atoms with Crippen LogP contribution in [-0.4, -0.2) is 95.4 Å². The molecule has 0 saturated carbocycles. The Bertz CT molecular complexity index is 990. The summed E-state index contributed by atoms with van der Waals surface area (Å²) in [6, 6.07) is 4.00. The number of halogens is 1. The Balaban J connectivity index is 1.74. The lowest BCUT2D eigenvalue weighted by molar-refractivity contribution is -0.149. The van der Waals surface area contributed by atoms with Crippen LogP contribution in [0, 0.1) is 5.82 Å². The van der Waals surface area contributed by atoms with Crippen LogP contribution in [0.5, 0.6) is 0 Å². The van der Waals surface area contributed by atoms with Gasteiger partial charge in [-0.05, 0) is 31.5 Å². The van der Waals surface area contributed by atoms with E-state index in [-0.39, 0.29) is 25.5 Å². The maximum atomic E-state index is 13.1. The number of amidine groups is 1. The highest BCUT2D eigenvalue weighted by Crippen LogP contribution is 2.19. The summed E-state index contributed by atoms with van der Waals surface area (Å²) in [5, 5.41) is 15.5. The second kappa shape index (κ2) is 10.3. The number of hydrogen-bond donors (Lipinski definition) is 3. The van der Waals surface area contributed by atoms with Crippen molar-refractivity contribution in [1.82, 2.24) is 20.4 Å². The first-order valence-corrected chi connectivity index (χ1v) is 10.8. The van der Waals surface area contributed by atoms with Gasteiger partial charge in [-0.3, -0.25) is 29.1 Å². The second-order valence-corrected chi connectivity index (χ2v) is 8.57. The summed E-state index contributed by atoms with van der Waals surface area (Å²) in [6.45, 7) is 4.34. The Morgan fingerprint density at radius 1 is 1.21 bits per heavy atom. The minimum Gasteiger partial charge on any atom is -0.380 e. The number of benzene rings is 1. The summed E-state index contributed by atoms with van der Waals surface area (Å²) in [4.78, 5) is 57.1. The van der Waals surface area contributed by atoms with E-state index < -0.39 is 47.1 Å². The van der Waals surface area contributed by atoms with Gasteiger partial charge in [0.1, 0.15) is 11.7 Å². The van der Waals surface area contributed by atoms with Crippen LogP contribution in [-0.2, 0) is 30.5 Å². The van der Waals surface area contributed by atoms with Gasteiger partial charge in [0, 0.05) is 26.7 Å². The number of likely N-dealkylation sites (N-methyl/N-ethyl adjacent to an activating group) is 1. The average Bonchev–Trinajstić information content (AvgIpc) is 2.81. The Labute approximate surface area is 195 Å². The summed E-state index contributed by atoms with van der Waals surface area (Å²) in [7, 11) is 1.36. The standard InChI is InChI=1S/C22H28FN5O6/c1-22(2,26-18(31)20(33)28-8-10-34-11-9-28)21-25-15(16(29)19(32)27(21)3)17(30)24-12-13-4-6-14(23)7-5-13/h4-7,15-16,29H,8-12H2,1-3H3,(H,24,30)(H,26,31). The van der Waals surface area contributed by atoms with E-state index in [0.29, 0.717) is 18.8 Å². The largest absolute Gasteiger partial charge is 0.380 e. The molecule has 0 bridgehead atoms. The third-order valence-electron chi connectivity index (χ3n) is 5.59. The quantitative estimate of drug-likeness (QED) is 0.455. The monoisotopic (exact) mass is 477 g/mol. The molecule has 1 aromatic rings. The highest BCUT2D eigenvalue weighted by atomic mass is 19.1. The van der Waals surface area contributed by atoms with Crippen molar-refractivity contribution in [3.63, 3.8) is 0 Å². The number of aliphatic imine (C=N–C) groups is 1. The zero-order valence-corrected chi connectivity index (χ0v) is 19.2. The van der Waals surface area contributed by atoms with Crippen LogP contribution >= 0.6 is 0 Å². The highest BCUT2D eigenvalue weighted by Gasteiger charge is 2.45. The van der Waals surface area contributed by atoms with E-state index in [2.05, 4.69) is 15.6 Å². The molecule has 4 amide bonds. The Morgan fingerprint density at radius 2 is 1.82 bits per heavy atom. The number of hydrogen-bond acceptors (Lipinski definition) is 7. The van der Waals surface area contributed by atoms with Crippen molar-refractivity contribution in [3.8, 4) is 0 Å². The van der Waals surface area contributed by atoms with Crippen LogP contribution in [0.1, 0.15) is 19.4 Å². The van der Waals surface area contributed by atoms with Gasteiger partial charge in [-0.15, -0.1) is 0 Å². The normalized spacial score (nSPS) is 21.1. The first-order chi connectivity index (χ1) is 16.0. The number of nitrogens with zero attached hydrogens (tertiary/aromatic N) is 3. The third kappa shape index (κ3) is 5.57. The summed E-state index contributed by atoms with van der Waals surface area (Å²) in [6.07, 6.45) is -1.73. The number of carbonyl (C=O) groups is 4. The van der Waals surface area contributed by atoms with Gasteiger partial charge in [-0.1, -0.05) is 12.1 Å². The van der Waals surface area contributed by atoms with Crippen molar-refractivity contribution >= 4 is 29.5 Å². The van der Waals surface area contributed by atoms with Crippen LogP contribution in [0.2, 0.25) is 0 Å². The zero-order chi connectivity index (χ0) is 25.0. The highest BCUT2D eigenvalue weighted by molar-refractivity contribution is 6.35. The average molecular weight is 477 g/mol. The lowest BCUT2D eigenvalue weighted by Gasteiger charge is -2.39. The van der Waals surface area contributed by atoms with Gasteiger partial charge in [0.05, 0.1) is 18.8 Å². The van der Waals surface area contributed by atoms with E-state index in [1.54, 1.807) is 0 Å². The van der Waals surface area contributed by atoms with Crippen LogP contribution in [0.3, 0.4) is 0 Å². The summed E-state index contributed by atoms with van der Waals surface area (Å²) < 4.78 is 18.3. The minimum absolute atomic E-state index is 0.00728. The van der Waals surface area contributed by atoms with Crippen molar-refractivity contribution in [1.29, 1.82) is 0 Å². The number of ether oxygens (including phenoxy) is 1. The summed E-state index contributed by atoms with van der Waals surface area (Å²) in [5.41, 5.74) is -0.707. The molecule has 12 heteroatoms. The van der Waals surface area contributed by atoms with Gasteiger partial charge >= 0.3 is 11.8 Å². The molecule has 34 heavy (non-hydrogen) atoms. The lowest BCUT2D eigenvalue weighted by atomic mass is 9.97. The van der Waals surface area contributed by atoms with Crippen molar-refractivity contribution in [2.45, 2.75) is 38.1 Å². The molecule has 3 rings (SSSR count). The Hall–Kier alpha value is -3.38. The minimum atomic E-state index is -1.73. The molecule has 0 aliphatic carbocycles. The maximum Gasteiger partial charge on any atom is 0.312 e. The number of aliphatic hydroxyl groups is 1. The fourth-order valence-corrected chi connectivity index (χ4v) is 3.71. The molecule has 184 valence electrons. The smallest absolute Gasteiger partial charge is 0.312 e. The van der Waals surface area contributed by atoms with Crippen LogP contribution in [0.4, 0.5) is 4.39 Å². The van der Waals surface area contributed by atoms with Crippen molar-refractivity contribution in [2.24, 2.45) is 4.99 Å². The number of amides is 4. The van der Waals surface area contributed by atoms with Gasteiger partial charge < -0.3 is 25.4 Å². The molecule has 11 nitrogen and oxygen atoms in total. The second-order valence-electron chi connectivity index (χ2n) is 8.57. The van der Waals surface area contributed by atoms with Crippen molar-refractivity contribution in [3.05, 3.63) is 35.6 Å². The zero-order valence-electron chi connectivity index (χ0n) is 19.2. The van der Waals surface area contributed by atoms with Crippen LogP contribution < -0.4 is 10.6 Å². The molecule has 1 aromatic carbocycles. The lowest BCUT2D eigenvalue weighted by Crippen LogP contribution is -2.64. The van der Waals surface area contributed by atoms with E-state index in [0.717, 1.165) is 4.90 Å². The molecule has 0 spiro atoms. The van der Waals surface area contributed by atoms with E-state index in [1.165, 1.54) is 50.1 Å². The van der Waals surface area contributed by atoms with Gasteiger partial charge in [-0.2, -0.15) is 0 Å². The molecule has 0 aromatic heterocycles. The number of nitrogens with one attached hydrogen (secondary N) is 2. The molecule has 1 saturated heterocycles. The van der Waals surface area contributed by atoms with E-state index in [1.807, 2.05) is 0 Å². The molecule has 2 unspecified atom stereocenters. The van der Waals surface area contributed by atoms with Gasteiger partial charge in [0.15, 0.2) is 12.1 Å². The summed E-state index contributed by atoms with van der Waals surface area (Å²) >= 11 is 0. The predicted molar refractivity (Wildman–Crippen MR) is 118 cm³/mol. The molecule has 0 radical (unpaired) electrons. The first kappa shape index (κ1) is 25.2. The molecule has 2 aliphatic heterocycles. The van der Waals surface area contributed by atoms with E-state index >= 15 is 0 Å². The molecular weight excluding hydrogens is 449 g/mol. The van der Waals surface area contributed by atoms with Gasteiger partial charge in [-0.25, -0.2) is 4.39 Å². The Kier molecular flexibility index (Phi) is 7.62. The molecule has 2 atom stereocenters. The number of rotatable bonds is 5.